The van der Waals surface area contributed by atoms with Crippen molar-refractivity contribution >= 4 is 23.4 Å². The number of hydrogen-bond acceptors (Lipinski definition) is 4. The number of phenolic OH excluding ortho intramolecular Hbond substituents is 1. The Morgan fingerprint density at radius 2 is 1.71 bits per heavy atom. The Kier molecular flexibility index (Phi) is 2.91. The van der Waals surface area contributed by atoms with Crippen molar-refractivity contribution < 1.29 is 19.5 Å². The van der Waals surface area contributed by atoms with Crippen LogP contribution in [0, 0.1) is 0 Å². The molecule has 1 aliphatic rings. The van der Waals surface area contributed by atoms with Gasteiger partial charge in [0.1, 0.15) is 5.75 Å². The molecular weight excluding hydrogens is 272 g/mol. The van der Waals surface area contributed by atoms with E-state index in [9.17, 15) is 19.5 Å². The number of carbonyl (C=O) groups excluding carboxylic acids is 3. The van der Waals surface area contributed by atoms with Crippen LogP contribution in [0.1, 0.15) is 31.1 Å². The number of phenols is 1. The molecule has 1 aliphatic heterocycles. The minimum absolute atomic E-state index is 0.124. The molecule has 3 rings (SSSR count). The molecule has 0 atom stereocenters. The number of benzene rings is 2. The normalized spacial score (nSPS) is 12.8. The molecule has 104 valence electrons. The highest BCUT2D eigenvalue weighted by atomic mass is 16.3. The summed E-state index contributed by atoms with van der Waals surface area (Å²) in [6.07, 6.45) is 0. The van der Waals surface area contributed by atoms with E-state index < -0.39 is 17.7 Å². The van der Waals surface area contributed by atoms with Gasteiger partial charge in [0.05, 0.1) is 16.7 Å². The summed E-state index contributed by atoms with van der Waals surface area (Å²) in [4.78, 5) is 35.0. The molecule has 0 aromatic heterocycles. The lowest BCUT2D eigenvalue weighted by Gasteiger charge is -2.07. The molecular formula is C15H10N2O4. The molecule has 6 nitrogen and oxygen atoms in total. The fourth-order valence-electron chi connectivity index (χ4n) is 2.11. The van der Waals surface area contributed by atoms with Gasteiger partial charge in [0.2, 0.25) is 0 Å². The van der Waals surface area contributed by atoms with E-state index >= 15 is 0 Å². The molecule has 1 heterocycles. The van der Waals surface area contributed by atoms with E-state index in [0.717, 1.165) is 0 Å². The van der Waals surface area contributed by atoms with Crippen LogP contribution in [0.2, 0.25) is 0 Å². The summed E-state index contributed by atoms with van der Waals surface area (Å²) in [5, 5.41) is 14.4. The number of amides is 3. The van der Waals surface area contributed by atoms with Crippen molar-refractivity contribution in [3.05, 3.63) is 59.2 Å². The van der Waals surface area contributed by atoms with Gasteiger partial charge in [0.15, 0.2) is 0 Å². The molecule has 0 saturated carbocycles. The lowest BCUT2D eigenvalue weighted by Crippen LogP contribution is -2.19. The Morgan fingerprint density at radius 1 is 1.00 bits per heavy atom. The number of rotatable bonds is 2. The molecule has 2 aromatic rings. The van der Waals surface area contributed by atoms with Crippen molar-refractivity contribution in [1.29, 1.82) is 0 Å². The smallest absolute Gasteiger partial charge is 0.259 e. The average Bonchev–Trinajstić information content (AvgIpc) is 2.74. The molecule has 3 amide bonds. The summed E-state index contributed by atoms with van der Waals surface area (Å²) < 4.78 is 0. The Bertz CT molecular complexity index is 783. The molecule has 6 heteroatoms. The maximum Gasteiger partial charge on any atom is 0.259 e. The van der Waals surface area contributed by atoms with Crippen molar-refractivity contribution in [3.8, 4) is 5.75 Å². The van der Waals surface area contributed by atoms with Crippen molar-refractivity contribution in [1.82, 2.24) is 5.32 Å². The molecule has 0 spiro atoms. The van der Waals surface area contributed by atoms with Gasteiger partial charge in [0.25, 0.3) is 17.7 Å². The lowest BCUT2D eigenvalue weighted by molar-refractivity contribution is 0.0878. The molecule has 21 heavy (non-hydrogen) atoms. The quantitative estimate of drug-likeness (QED) is 0.728. The zero-order chi connectivity index (χ0) is 15.0. The first-order valence-electron chi connectivity index (χ1n) is 6.15. The summed E-state index contributed by atoms with van der Waals surface area (Å²) in [7, 11) is 0. The van der Waals surface area contributed by atoms with E-state index in [0.29, 0.717) is 5.69 Å². The number of imide groups is 1. The largest absolute Gasteiger partial charge is 0.507 e. The summed E-state index contributed by atoms with van der Waals surface area (Å²) >= 11 is 0. The first-order valence-corrected chi connectivity index (χ1v) is 6.15. The van der Waals surface area contributed by atoms with Crippen molar-refractivity contribution in [2.24, 2.45) is 0 Å². The van der Waals surface area contributed by atoms with Gasteiger partial charge in [-0.1, -0.05) is 12.1 Å². The Morgan fingerprint density at radius 3 is 2.48 bits per heavy atom. The van der Waals surface area contributed by atoms with Gasteiger partial charge < -0.3 is 10.4 Å². The van der Waals surface area contributed by atoms with Gasteiger partial charge in [-0.05, 0) is 30.3 Å². The van der Waals surface area contributed by atoms with Gasteiger partial charge in [-0.15, -0.1) is 0 Å². The summed E-state index contributed by atoms with van der Waals surface area (Å²) in [5.74, 6) is -1.58. The van der Waals surface area contributed by atoms with Crippen molar-refractivity contribution in [2.75, 3.05) is 5.32 Å². The highest BCUT2D eigenvalue weighted by Gasteiger charge is 2.26. The minimum atomic E-state index is -0.502. The van der Waals surface area contributed by atoms with E-state index in [1.54, 1.807) is 12.1 Å². The second kappa shape index (κ2) is 4.75. The SMILES string of the molecule is O=C(Nc1ccc2c(c1)C(=O)NC2=O)c1ccccc1O. The molecule has 0 saturated heterocycles. The molecule has 0 unspecified atom stereocenters. The number of fused-ring (bicyclic) bond motifs is 1. The summed E-state index contributed by atoms with van der Waals surface area (Å²) in [5.41, 5.74) is 0.987. The van der Waals surface area contributed by atoms with E-state index in [1.165, 1.54) is 30.3 Å². The third kappa shape index (κ3) is 2.23. The third-order valence-electron chi connectivity index (χ3n) is 3.14. The van der Waals surface area contributed by atoms with Crippen LogP contribution in [0.15, 0.2) is 42.5 Å². The first kappa shape index (κ1) is 12.9. The number of carbonyl (C=O) groups is 3. The summed E-state index contributed by atoms with van der Waals surface area (Å²) in [6, 6.07) is 10.5. The van der Waals surface area contributed by atoms with E-state index in [4.69, 9.17) is 0 Å². The van der Waals surface area contributed by atoms with Gasteiger partial charge in [-0.25, -0.2) is 0 Å². The lowest BCUT2D eigenvalue weighted by atomic mass is 10.1. The predicted octanol–water partition coefficient (Wildman–Crippen LogP) is 1.53. The van der Waals surface area contributed by atoms with Gasteiger partial charge >= 0.3 is 0 Å². The molecule has 0 radical (unpaired) electrons. The van der Waals surface area contributed by atoms with Crippen LogP contribution in [0.25, 0.3) is 0 Å². The standard InChI is InChI=1S/C15H10N2O4/c18-12-4-2-1-3-10(12)14(20)16-8-5-6-9-11(7-8)15(21)17-13(9)19/h1-7,18H,(H,16,20)(H,17,19,21). The van der Waals surface area contributed by atoms with E-state index in [1.807, 2.05) is 0 Å². The number of aromatic hydroxyl groups is 1. The van der Waals surface area contributed by atoms with Crippen LogP contribution in [0.4, 0.5) is 5.69 Å². The van der Waals surface area contributed by atoms with E-state index in [-0.39, 0.29) is 22.4 Å². The molecule has 2 aromatic carbocycles. The molecule has 0 bridgehead atoms. The topological polar surface area (TPSA) is 95.5 Å². The zero-order valence-electron chi connectivity index (χ0n) is 10.7. The highest BCUT2D eigenvalue weighted by Crippen LogP contribution is 2.22. The maximum absolute atomic E-state index is 12.0. The van der Waals surface area contributed by atoms with Crippen LogP contribution in [-0.2, 0) is 0 Å². The highest BCUT2D eigenvalue weighted by molar-refractivity contribution is 6.22. The number of anilines is 1. The van der Waals surface area contributed by atoms with Crippen molar-refractivity contribution in [2.45, 2.75) is 0 Å². The van der Waals surface area contributed by atoms with Crippen LogP contribution in [-0.4, -0.2) is 22.8 Å². The Labute approximate surface area is 119 Å². The van der Waals surface area contributed by atoms with Gasteiger partial charge in [-0.3, -0.25) is 19.7 Å². The van der Waals surface area contributed by atoms with Crippen LogP contribution < -0.4 is 10.6 Å². The van der Waals surface area contributed by atoms with Crippen LogP contribution in [0.3, 0.4) is 0 Å². The fraction of sp³-hybridized carbons (Fsp3) is 0. The van der Waals surface area contributed by atoms with Crippen LogP contribution in [0.5, 0.6) is 5.75 Å². The van der Waals surface area contributed by atoms with Crippen molar-refractivity contribution in [3.63, 3.8) is 0 Å². The van der Waals surface area contributed by atoms with E-state index in [2.05, 4.69) is 10.6 Å². The minimum Gasteiger partial charge on any atom is -0.507 e. The Hall–Kier alpha value is -3.15. The second-order valence-corrected chi connectivity index (χ2v) is 4.51. The molecule has 3 N–H and O–H groups in total. The zero-order valence-corrected chi connectivity index (χ0v) is 10.7. The van der Waals surface area contributed by atoms with Crippen LogP contribution >= 0.6 is 0 Å². The number of hydrogen-bond donors (Lipinski definition) is 3. The third-order valence-corrected chi connectivity index (χ3v) is 3.14. The molecule has 0 aliphatic carbocycles. The fourth-order valence-corrected chi connectivity index (χ4v) is 2.11. The summed E-state index contributed by atoms with van der Waals surface area (Å²) in [6.45, 7) is 0. The second-order valence-electron chi connectivity index (χ2n) is 4.51. The van der Waals surface area contributed by atoms with Gasteiger partial charge in [0, 0.05) is 5.69 Å². The van der Waals surface area contributed by atoms with Gasteiger partial charge in [-0.2, -0.15) is 0 Å². The predicted molar refractivity (Wildman–Crippen MR) is 74.3 cm³/mol. The number of para-hydroxylation sites is 1. The average molecular weight is 282 g/mol. The number of nitrogens with one attached hydrogen (secondary N) is 2. The first-order chi connectivity index (χ1) is 10.1. The maximum atomic E-state index is 12.0. The monoisotopic (exact) mass is 282 g/mol. The molecule has 0 fully saturated rings. The Balaban J connectivity index is 1.88.